The first kappa shape index (κ1) is 13.7. The molecule has 19 heavy (non-hydrogen) atoms. The molecule has 0 saturated heterocycles. The molecular weight excluding hydrogens is 314 g/mol. The van der Waals surface area contributed by atoms with Crippen LogP contribution in [0.25, 0.3) is 0 Å². The molecule has 0 N–H and O–H groups in total. The molecule has 1 aliphatic heterocycles. The fourth-order valence-corrected chi connectivity index (χ4v) is 2.35. The lowest BCUT2D eigenvalue weighted by molar-refractivity contribution is -0.145. The van der Waals surface area contributed by atoms with Gasteiger partial charge >= 0.3 is 5.97 Å². The fraction of sp³-hybridized carbons (Fsp3) is 0.308. The second kappa shape index (κ2) is 5.13. The second-order valence-electron chi connectivity index (χ2n) is 4.09. The molecule has 0 fully saturated rings. The number of benzene rings is 1. The molecule has 0 spiro atoms. The van der Waals surface area contributed by atoms with Gasteiger partial charge in [-0.2, -0.15) is 0 Å². The number of carbonyl (C=O) groups excluding carboxylic acids is 3. The molecule has 1 unspecified atom stereocenters. The standard InChI is InChI=1S/C13H12BrNO4/c1-3-19-13(18)7(2)15-10-5-4-8(14)6-9(10)11(16)12(15)17/h4-7H,3H2,1-2H3. The highest BCUT2D eigenvalue weighted by atomic mass is 79.9. The average molecular weight is 326 g/mol. The Labute approximate surface area is 118 Å². The Bertz CT molecular complexity index is 570. The van der Waals surface area contributed by atoms with Crippen molar-refractivity contribution in [2.45, 2.75) is 19.9 Å². The van der Waals surface area contributed by atoms with E-state index in [9.17, 15) is 14.4 Å². The predicted octanol–water partition coefficient (Wildman–Crippen LogP) is 1.93. The van der Waals surface area contributed by atoms with Gasteiger partial charge in [-0.3, -0.25) is 14.5 Å². The van der Waals surface area contributed by atoms with E-state index in [2.05, 4.69) is 15.9 Å². The van der Waals surface area contributed by atoms with Crippen LogP contribution in [0.2, 0.25) is 0 Å². The van der Waals surface area contributed by atoms with Gasteiger partial charge in [0.1, 0.15) is 6.04 Å². The molecule has 1 heterocycles. The molecule has 5 nitrogen and oxygen atoms in total. The molecule has 0 aliphatic carbocycles. The summed E-state index contributed by atoms with van der Waals surface area (Å²) in [7, 11) is 0. The zero-order valence-electron chi connectivity index (χ0n) is 10.5. The normalized spacial score (nSPS) is 15.4. The van der Waals surface area contributed by atoms with E-state index in [1.165, 1.54) is 4.90 Å². The minimum Gasteiger partial charge on any atom is -0.464 e. The minimum atomic E-state index is -0.821. The van der Waals surface area contributed by atoms with E-state index in [0.29, 0.717) is 15.7 Å². The highest BCUT2D eigenvalue weighted by Gasteiger charge is 2.41. The van der Waals surface area contributed by atoms with Crippen LogP contribution in [0.3, 0.4) is 0 Å². The summed E-state index contributed by atoms with van der Waals surface area (Å²) in [6.45, 7) is 3.46. The van der Waals surface area contributed by atoms with Crippen LogP contribution in [0.15, 0.2) is 22.7 Å². The van der Waals surface area contributed by atoms with Crippen molar-refractivity contribution in [2.24, 2.45) is 0 Å². The topological polar surface area (TPSA) is 63.7 Å². The lowest BCUT2D eigenvalue weighted by Gasteiger charge is -2.22. The number of hydrogen-bond donors (Lipinski definition) is 0. The number of anilines is 1. The monoisotopic (exact) mass is 325 g/mol. The largest absolute Gasteiger partial charge is 0.464 e. The maximum absolute atomic E-state index is 12.0. The van der Waals surface area contributed by atoms with Gasteiger partial charge < -0.3 is 4.74 Å². The van der Waals surface area contributed by atoms with Gasteiger partial charge in [0.15, 0.2) is 0 Å². The van der Waals surface area contributed by atoms with E-state index in [-0.39, 0.29) is 6.61 Å². The van der Waals surface area contributed by atoms with E-state index in [4.69, 9.17) is 4.74 Å². The summed E-state index contributed by atoms with van der Waals surface area (Å²) in [6.07, 6.45) is 0. The third-order valence-electron chi connectivity index (χ3n) is 2.89. The summed E-state index contributed by atoms with van der Waals surface area (Å²) in [5.74, 6) is -1.83. The molecule has 6 heteroatoms. The molecule has 1 atom stereocenters. The Morgan fingerprint density at radius 3 is 2.74 bits per heavy atom. The molecule has 0 bridgehead atoms. The third kappa shape index (κ3) is 2.28. The van der Waals surface area contributed by atoms with Gasteiger partial charge in [0.05, 0.1) is 17.9 Å². The fourth-order valence-electron chi connectivity index (χ4n) is 1.99. The van der Waals surface area contributed by atoms with Crippen LogP contribution in [0.4, 0.5) is 5.69 Å². The number of amides is 1. The lowest BCUT2D eigenvalue weighted by atomic mass is 10.1. The molecule has 0 aromatic heterocycles. The number of esters is 1. The molecule has 0 radical (unpaired) electrons. The summed E-state index contributed by atoms with van der Waals surface area (Å²) in [5.41, 5.74) is 0.745. The highest BCUT2D eigenvalue weighted by Crippen LogP contribution is 2.32. The maximum Gasteiger partial charge on any atom is 0.328 e. The molecule has 1 aromatic carbocycles. The van der Waals surface area contributed by atoms with E-state index < -0.39 is 23.7 Å². The second-order valence-corrected chi connectivity index (χ2v) is 5.01. The van der Waals surface area contributed by atoms with Gasteiger partial charge in [-0.1, -0.05) is 15.9 Å². The van der Waals surface area contributed by atoms with Crippen molar-refractivity contribution in [1.82, 2.24) is 0 Å². The third-order valence-corrected chi connectivity index (χ3v) is 3.38. The number of nitrogens with zero attached hydrogens (tertiary/aromatic N) is 1. The SMILES string of the molecule is CCOC(=O)C(C)N1C(=O)C(=O)c2cc(Br)ccc21. The van der Waals surface area contributed by atoms with Crippen molar-refractivity contribution in [3.8, 4) is 0 Å². The van der Waals surface area contributed by atoms with Gasteiger partial charge in [-0.25, -0.2) is 4.79 Å². The molecule has 1 amide bonds. The maximum atomic E-state index is 12.0. The summed E-state index contributed by atoms with van der Waals surface area (Å²) >= 11 is 3.25. The summed E-state index contributed by atoms with van der Waals surface area (Å²) in [6, 6.07) is 4.11. The van der Waals surface area contributed by atoms with Crippen molar-refractivity contribution in [3.05, 3.63) is 28.2 Å². The van der Waals surface area contributed by atoms with Gasteiger partial charge in [-0.05, 0) is 32.0 Å². The van der Waals surface area contributed by atoms with Crippen molar-refractivity contribution in [3.63, 3.8) is 0 Å². The van der Waals surface area contributed by atoms with Crippen molar-refractivity contribution < 1.29 is 19.1 Å². The quantitative estimate of drug-likeness (QED) is 0.629. The van der Waals surface area contributed by atoms with E-state index >= 15 is 0 Å². The van der Waals surface area contributed by atoms with E-state index in [1.807, 2.05) is 0 Å². The van der Waals surface area contributed by atoms with Crippen LogP contribution in [-0.2, 0) is 14.3 Å². The number of hydrogen-bond acceptors (Lipinski definition) is 4. The van der Waals surface area contributed by atoms with Gasteiger partial charge in [0.2, 0.25) is 0 Å². The van der Waals surface area contributed by atoms with Crippen LogP contribution in [0.5, 0.6) is 0 Å². The Balaban J connectivity index is 2.41. The highest BCUT2D eigenvalue weighted by molar-refractivity contribution is 9.10. The predicted molar refractivity (Wildman–Crippen MR) is 72.1 cm³/mol. The summed E-state index contributed by atoms with van der Waals surface area (Å²) in [5, 5.41) is 0. The van der Waals surface area contributed by atoms with Crippen molar-refractivity contribution in [2.75, 3.05) is 11.5 Å². The molecule has 100 valence electrons. The number of ketones is 1. The Kier molecular flexibility index (Phi) is 3.71. The smallest absolute Gasteiger partial charge is 0.328 e. The zero-order chi connectivity index (χ0) is 14.2. The minimum absolute atomic E-state index is 0.229. The van der Waals surface area contributed by atoms with Crippen molar-refractivity contribution >= 4 is 39.3 Å². The number of ether oxygens (including phenoxy) is 1. The molecule has 0 saturated carbocycles. The Hall–Kier alpha value is -1.69. The van der Waals surface area contributed by atoms with Gasteiger partial charge in [-0.15, -0.1) is 0 Å². The lowest BCUT2D eigenvalue weighted by Crippen LogP contribution is -2.43. The number of Topliss-reactive ketones (excluding diaryl/α,β-unsaturated/α-hetero) is 1. The summed E-state index contributed by atoms with van der Waals surface area (Å²) < 4.78 is 5.59. The number of rotatable bonds is 3. The van der Waals surface area contributed by atoms with Gasteiger partial charge in [0, 0.05) is 4.47 Å². The van der Waals surface area contributed by atoms with E-state index in [1.54, 1.807) is 32.0 Å². The number of carbonyl (C=O) groups is 3. The number of fused-ring (bicyclic) bond motifs is 1. The van der Waals surface area contributed by atoms with Crippen LogP contribution in [0.1, 0.15) is 24.2 Å². The van der Waals surface area contributed by atoms with E-state index in [0.717, 1.165) is 0 Å². The first-order chi connectivity index (χ1) is 8.97. The molecule has 2 rings (SSSR count). The van der Waals surface area contributed by atoms with Crippen LogP contribution in [-0.4, -0.2) is 30.3 Å². The molecule has 1 aromatic rings. The zero-order valence-corrected chi connectivity index (χ0v) is 12.1. The molecule has 1 aliphatic rings. The van der Waals surface area contributed by atoms with Crippen LogP contribution < -0.4 is 4.90 Å². The number of halogens is 1. The van der Waals surface area contributed by atoms with Crippen molar-refractivity contribution in [1.29, 1.82) is 0 Å². The molecular formula is C13H12BrNO4. The first-order valence-electron chi connectivity index (χ1n) is 5.81. The summed E-state index contributed by atoms with van der Waals surface area (Å²) in [4.78, 5) is 36.8. The van der Waals surface area contributed by atoms with Crippen LogP contribution in [0, 0.1) is 0 Å². The Morgan fingerprint density at radius 2 is 2.11 bits per heavy atom. The van der Waals surface area contributed by atoms with Crippen LogP contribution >= 0.6 is 15.9 Å². The van der Waals surface area contributed by atoms with Gasteiger partial charge in [0.25, 0.3) is 11.7 Å². The average Bonchev–Trinajstić information content (AvgIpc) is 2.62. The first-order valence-corrected chi connectivity index (χ1v) is 6.60. The Morgan fingerprint density at radius 1 is 1.42 bits per heavy atom.